The van der Waals surface area contributed by atoms with Crippen molar-refractivity contribution in [2.45, 2.75) is 0 Å². The smallest absolute Gasteiger partial charge is 0.336 e. The van der Waals surface area contributed by atoms with Crippen LogP contribution < -0.4 is 0 Å². The largest absolute Gasteiger partial charge is 0.478 e. The lowest BCUT2D eigenvalue weighted by molar-refractivity contribution is -0.132. The fraction of sp³-hybridized carbons (Fsp3) is 0.125. The molecule has 0 bridgehead atoms. The van der Waals surface area contributed by atoms with Crippen molar-refractivity contribution in [1.29, 1.82) is 0 Å². The number of aliphatic hydroxyl groups excluding tert-OH is 2. The summed E-state index contributed by atoms with van der Waals surface area (Å²) in [5, 5.41) is 47.6. The molecule has 0 radical (unpaired) electrons. The van der Waals surface area contributed by atoms with Crippen molar-refractivity contribution < 1.29 is 49.8 Å². The highest BCUT2D eigenvalue weighted by Gasteiger charge is 2.13. The fourth-order valence-corrected chi connectivity index (χ4v) is 0.856. The molecule has 144 valence electrons. The highest BCUT2D eigenvalue weighted by molar-refractivity contribution is 6.01. The molecule has 0 amide bonds. The highest BCUT2D eigenvalue weighted by Crippen LogP contribution is 2.07. The molecule has 0 aliphatic rings. The number of aliphatic hydroxyl groups is 2. The summed E-state index contributed by atoms with van der Waals surface area (Å²) in [5.41, 5.74) is -0.380. The SMILES string of the molecule is C=CC(=O)O.C=CC(=O)O.O=C(O)c1ccccc1C(=O)O.OCCO. The zero-order chi connectivity index (χ0) is 21.1. The Labute approximate surface area is 148 Å². The summed E-state index contributed by atoms with van der Waals surface area (Å²) in [5.74, 6) is -4.42. The third-order valence-electron chi connectivity index (χ3n) is 1.84. The molecule has 10 nitrogen and oxygen atoms in total. The Morgan fingerprint density at radius 3 is 1.08 bits per heavy atom. The van der Waals surface area contributed by atoms with Gasteiger partial charge in [0.15, 0.2) is 0 Å². The molecule has 6 N–H and O–H groups in total. The van der Waals surface area contributed by atoms with Gasteiger partial charge in [-0.25, -0.2) is 19.2 Å². The van der Waals surface area contributed by atoms with E-state index in [2.05, 4.69) is 13.2 Å². The van der Waals surface area contributed by atoms with E-state index >= 15 is 0 Å². The van der Waals surface area contributed by atoms with Crippen LogP contribution in [0.15, 0.2) is 49.6 Å². The molecular formula is C16H20O10. The molecule has 0 saturated carbocycles. The third-order valence-corrected chi connectivity index (χ3v) is 1.84. The lowest BCUT2D eigenvalue weighted by atomic mass is 10.1. The average molecular weight is 372 g/mol. The molecule has 0 atom stereocenters. The van der Waals surface area contributed by atoms with Crippen molar-refractivity contribution in [1.82, 2.24) is 0 Å². The van der Waals surface area contributed by atoms with Gasteiger partial charge in [-0.3, -0.25) is 0 Å². The first-order valence-electron chi connectivity index (χ1n) is 6.56. The van der Waals surface area contributed by atoms with E-state index in [0.29, 0.717) is 0 Å². The molecular weight excluding hydrogens is 352 g/mol. The third kappa shape index (κ3) is 18.5. The van der Waals surface area contributed by atoms with E-state index in [1.165, 1.54) is 24.3 Å². The summed E-state index contributed by atoms with van der Waals surface area (Å²) in [7, 11) is 0. The fourth-order valence-electron chi connectivity index (χ4n) is 0.856. The summed E-state index contributed by atoms with van der Waals surface area (Å²) < 4.78 is 0. The second-order valence-corrected chi connectivity index (χ2v) is 3.69. The summed E-state index contributed by atoms with van der Waals surface area (Å²) in [6.45, 7) is 5.67. The monoisotopic (exact) mass is 372 g/mol. The molecule has 0 aliphatic carbocycles. The van der Waals surface area contributed by atoms with Gasteiger partial charge in [0, 0.05) is 12.2 Å². The lowest BCUT2D eigenvalue weighted by Gasteiger charge is -1.98. The van der Waals surface area contributed by atoms with Crippen LogP contribution in [0.4, 0.5) is 0 Å². The second kappa shape index (κ2) is 17.8. The van der Waals surface area contributed by atoms with Crippen molar-refractivity contribution in [2.75, 3.05) is 13.2 Å². The van der Waals surface area contributed by atoms with Crippen LogP contribution in [-0.2, 0) is 9.59 Å². The Balaban J connectivity index is -0.000000316. The first-order valence-corrected chi connectivity index (χ1v) is 6.56. The number of aromatic carboxylic acids is 2. The first-order chi connectivity index (χ1) is 12.1. The maximum absolute atomic E-state index is 10.5. The van der Waals surface area contributed by atoms with Crippen LogP contribution in [0.25, 0.3) is 0 Å². The summed E-state index contributed by atoms with van der Waals surface area (Å²) in [4.78, 5) is 39.4. The van der Waals surface area contributed by atoms with Crippen LogP contribution >= 0.6 is 0 Å². The molecule has 10 heteroatoms. The Morgan fingerprint density at radius 2 is 0.962 bits per heavy atom. The Kier molecular flexibility index (Phi) is 18.8. The second-order valence-electron chi connectivity index (χ2n) is 3.69. The van der Waals surface area contributed by atoms with E-state index in [4.69, 9.17) is 30.6 Å². The maximum Gasteiger partial charge on any atom is 0.336 e. The molecule has 26 heavy (non-hydrogen) atoms. The van der Waals surface area contributed by atoms with E-state index in [1.807, 2.05) is 0 Å². The molecule has 1 rings (SSSR count). The molecule has 1 aromatic carbocycles. The van der Waals surface area contributed by atoms with Crippen molar-refractivity contribution in [2.24, 2.45) is 0 Å². The van der Waals surface area contributed by atoms with E-state index in [9.17, 15) is 19.2 Å². The number of carboxylic acid groups (broad SMARTS) is 4. The molecule has 0 aliphatic heterocycles. The predicted molar refractivity (Wildman–Crippen MR) is 90.2 cm³/mol. The van der Waals surface area contributed by atoms with E-state index < -0.39 is 23.9 Å². The molecule has 0 fully saturated rings. The van der Waals surface area contributed by atoms with Crippen LogP contribution in [0, 0.1) is 0 Å². The van der Waals surface area contributed by atoms with E-state index in [0.717, 1.165) is 12.2 Å². The van der Waals surface area contributed by atoms with Gasteiger partial charge in [-0.1, -0.05) is 25.3 Å². The Hall–Kier alpha value is -3.50. The highest BCUT2D eigenvalue weighted by atomic mass is 16.4. The zero-order valence-electron chi connectivity index (χ0n) is 13.6. The predicted octanol–water partition coefficient (Wildman–Crippen LogP) is 0.568. The minimum Gasteiger partial charge on any atom is -0.478 e. The van der Waals surface area contributed by atoms with Crippen molar-refractivity contribution in [3.8, 4) is 0 Å². The maximum atomic E-state index is 10.5. The van der Waals surface area contributed by atoms with Crippen molar-refractivity contribution in [3.05, 3.63) is 60.7 Å². The molecule has 0 unspecified atom stereocenters. The number of hydrogen-bond acceptors (Lipinski definition) is 6. The van der Waals surface area contributed by atoms with Crippen LogP contribution in [0.3, 0.4) is 0 Å². The topological polar surface area (TPSA) is 190 Å². The zero-order valence-corrected chi connectivity index (χ0v) is 13.6. The molecule has 0 saturated heterocycles. The number of carboxylic acids is 4. The van der Waals surface area contributed by atoms with E-state index in [1.54, 1.807) is 0 Å². The van der Waals surface area contributed by atoms with Gasteiger partial charge in [-0.15, -0.1) is 0 Å². The van der Waals surface area contributed by atoms with Crippen LogP contribution in [0.2, 0.25) is 0 Å². The molecule has 0 aromatic heterocycles. The number of rotatable bonds is 5. The van der Waals surface area contributed by atoms with Gasteiger partial charge in [0.25, 0.3) is 0 Å². The number of carbonyl (C=O) groups is 4. The average Bonchev–Trinajstić information content (AvgIpc) is 2.62. The number of benzene rings is 1. The lowest BCUT2D eigenvalue weighted by Crippen LogP contribution is -2.06. The minimum atomic E-state index is -1.23. The number of aliphatic carboxylic acids is 2. The van der Waals surface area contributed by atoms with Gasteiger partial charge in [0.1, 0.15) is 0 Å². The van der Waals surface area contributed by atoms with Gasteiger partial charge in [-0.05, 0) is 12.1 Å². The van der Waals surface area contributed by atoms with Gasteiger partial charge < -0.3 is 30.6 Å². The standard InChI is InChI=1S/C8H6O4.2C3H4O2.C2H6O2/c9-7(10)5-3-1-2-4-6(5)8(11)12;2*1-2-3(4)5;3-1-2-4/h1-4H,(H,9,10)(H,11,12);2*2H,1H2,(H,4,5);3-4H,1-2H2. The Morgan fingerprint density at radius 1 is 0.731 bits per heavy atom. The number of hydrogen-bond donors (Lipinski definition) is 6. The quantitative estimate of drug-likeness (QED) is 0.398. The Bertz CT molecular complexity index is 554. The van der Waals surface area contributed by atoms with Crippen LogP contribution in [-0.4, -0.2) is 67.7 Å². The molecule has 0 spiro atoms. The van der Waals surface area contributed by atoms with Crippen molar-refractivity contribution in [3.63, 3.8) is 0 Å². The summed E-state index contributed by atoms with van der Waals surface area (Å²) >= 11 is 0. The van der Waals surface area contributed by atoms with Crippen LogP contribution in [0.5, 0.6) is 0 Å². The first kappa shape index (κ1) is 27.4. The normalized spacial score (nSPS) is 7.92. The minimum absolute atomic E-state index is 0.125. The van der Waals surface area contributed by atoms with E-state index in [-0.39, 0.29) is 24.3 Å². The summed E-state index contributed by atoms with van der Waals surface area (Å²) in [6.07, 6.45) is 1.67. The molecule has 1 aromatic rings. The van der Waals surface area contributed by atoms with Gasteiger partial charge in [0.05, 0.1) is 24.3 Å². The molecule has 0 heterocycles. The summed E-state index contributed by atoms with van der Waals surface area (Å²) in [6, 6.07) is 5.48. The van der Waals surface area contributed by atoms with Gasteiger partial charge >= 0.3 is 23.9 Å². The van der Waals surface area contributed by atoms with Crippen LogP contribution in [0.1, 0.15) is 20.7 Å². The van der Waals surface area contributed by atoms with Crippen molar-refractivity contribution >= 4 is 23.9 Å². The van der Waals surface area contributed by atoms with Gasteiger partial charge in [-0.2, -0.15) is 0 Å². The van der Waals surface area contributed by atoms with Gasteiger partial charge in [0.2, 0.25) is 0 Å².